The Morgan fingerprint density at radius 3 is 1.97 bits per heavy atom. The number of ether oxygens (including phenoxy) is 3. The van der Waals surface area contributed by atoms with Crippen molar-refractivity contribution in [2.24, 2.45) is 0 Å². The van der Waals surface area contributed by atoms with Crippen molar-refractivity contribution < 1.29 is 22.6 Å². The van der Waals surface area contributed by atoms with Crippen LogP contribution in [0.4, 0.5) is 5.69 Å². The van der Waals surface area contributed by atoms with Gasteiger partial charge in [0.05, 0.1) is 26.2 Å². The molecule has 0 fully saturated rings. The van der Waals surface area contributed by atoms with Crippen molar-refractivity contribution >= 4 is 27.9 Å². The fraction of sp³-hybridized carbons (Fsp3) is 0.167. The van der Waals surface area contributed by atoms with Crippen LogP contribution in [0.15, 0.2) is 65.6 Å². The van der Waals surface area contributed by atoms with Crippen LogP contribution in [0.25, 0.3) is 12.2 Å². The maximum Gasteiger partial charge on any atom is 0.261 e. The minimum Gasteiger partial charge on any atom is -0.493 e. The Bertz CT molecular complexity index is 1160. The van der Waals surface area contributed by atoms with E-state index in [9.17, 15) is 8.42 Å². The van der Waals surface area contributed by atoms with Crippen LogP contribution in [-0.2, 0) is 10.0 Å². The lowest BCUT2D eigenvalue weighted by molar-refractivity contribution is 0.324. The number of aryl methyl sites for hydroxylation is 1. The topological polar surface area (TPSA) is 73.9 Å². The second-order valence-corrected chi connectivity index (χ2v) is 8.52. The van der Waals surface area contributed by atoms with E-state index in [0.717, 1.165) is 16.7 Å². The summed E-state index contributed by atoms with van der Waals surface area (Å²) >= 11 is 0. The van der Waals surface area contributed by atoms with E-state index in [-0.39, 0.29) is 4.90 Å². The Morgan fingerprint density at radius 1 is 0.774 bits per heavy atom. The Hall–Kier alpha value is -3.45. The summed E-state index contributed by atoms with van der Waals surface area (Å²) in [6.45, 7) is 1.91. The van der Waals surface area contributed by atoms with Crippen molar-refractivity contribution in [3.8, 4) is 17.2 Å². The molecule has 1 N–H and O–H groups in total. The third kappa shape index (κ3) is 5.38. The highest BCUT2D eigenvalue weighted by Gasteiger charge is 2.14. The first-order valence-electron chi connectivity index (χ1n) is 9.54. The molecule has 0 saturated carbocycles. The Kier molecular flexibility index (Phi) is 6.87. The van der Waals surface area contributed by atoms with Crippen LogP contribution in [-0.4, -0.2) is 29.7 Å². The van der Waals surface area contributed by atoms with E-state index >= 15 is 0 Å². The predicted molar refractivity (Wildman–Crippen MR) is 123 cm³/mol. The van der Waals surface area contributed by atoms with Crippen molar-refractivity contribution in [2.45, 2.75) is 11.8 Å². The summed E-state index contributed by atoms with van der Waals surface area (Å²) in [6, 6.07) is 17.5. The second-order valence-electron chi connectivity index (χ2n) is 6.84. The summed E-state index contributed by atoms with van der Waals surface area (Å²) in [7, 11) is 1.02. The molecule has 3 aromatic carbocycles. The quantitative estimate of drug-likeness (QED) is 0.501. The third-order valence-electron chi connectivity index (χ3n) is 4.63. The van der Waals surface area contributed by atoms with E-state index in [0.29, 0.717) is 22.9 Å². The number of hydrogen-bond donors (Lipinski definition) is 1. The first-order chi connectivity index (χ1) is 14.9. The number of nitrogens with one attached hydrogen (secondary N) is 1. The normalized spacial score (nSPS) is 11.4. The molecule has 0 amide bonds. The van der Waals surface area contributed by atoms with Gasteiger partial charge in [-0.2, -0.15) is 0 Å². The van der Waals surface area contributed by atoms with E-state index < -0.39 is 10.0 Å². The van der Waals surface area contributed by atoms with Crippen LogP contribution < -0.4 is 18.9 Å². The molecule has 3 aromatic rings. The van der Waals surface area contributed by atoms with Gasteiger partial charge in [0, 0.05) is 5.69 Å². The molecule has 6 nitrogen and oxygen atoms in total. The van der Waals surface area contributed by atoms with Crippen LogP contribution in [0.1, 0.15) is 16.7 Å². The van der Waals surface area contributed by atoms with E-state index in [4.69, 9.17) is 14.2 Å². The predicted octanol–water partition coefficient (Wildman–Crippen LogP) is 4.99. The van der Waals surface area contributed by atoms with Crippen molar-refractivity contribution in [2.75, 3.05) is 26.1 Å². The fourth-order valence-corrected chi connectivity index (χ4v) is 4.08. The molecular formula is C24H25NO5S. The summed E-state index contributed by atoms with van der Waals surface area (Å²) in [5.74, 6) is 1.64. The van der Waals surface area contributed by atoms with Gasteiger partial charge in [-0.3, -0.25) is 4.72 Å². The van der Waals surface area contributed by atoms with Gasteiger partial charge in [-0.05, 0) is 54.4 Å². The first kappa shape index (κ1) is 22.2. The lowest BCUT2D eigenvalue weighted by Crippen LogP contribution is -2.12. The molecule has 0 spiro atoms. The molecule has 0 aliphatic rings. The average molecular weight is 440 g/mol. The van der Waals surface area contributed by atoms with Crippen molar-refractivity contribution in [3.05, 3.63) is 77.4 Å². The van der Waals surface area contributed by atoms with Crippen LogP contribution in [0, 0.1) is 6.92 Å². The van der Waals surface area contributed by atoms with Crippen molar-refractivity contribution in [3.63, 3.8) is 0 Å². The average Bonchev–Trinajstić information content (AvgIpc) is 2.77. The molecule has 0 heterocycles. The highest BCUT2D eigenvalue weighted by molar-refractivity contribution is 7.92. The minimum atomic E-state index is -3.66. The zero-order valence-electron chi connectivity index (χ0n) is 17.9. The van der Waals surface area contributed by atoms with Gasteiger partial charge in [0.1, 0.15) is 0 Å². The van der Waals surface area contributed by atoms with Crippen LogP contribution >= 0.6 is 0 Å². The van der Waals surface area contributed by atoms with Crippen LogP contribution in [0.2, 0.25) is 0 Å². The van der Waals surface area contributed by atoms with Gasteiger partial charge in [-0.1, -0.05) is 42.0 Å². The third-order valence-corrected chi connectivity index (χ3v) is 6.02. The summed E-state index contributed by atoms with van der Waals surface area (Å²) in [5.41, 5.74) is 3.16. The van der Waals surface area contributed by atoms with Gasteiger partial charge in [0.2, 0.25) is 5.75 Å². The Labute approximate surface area is 183 Å². The largest absolute Gasteiger partial charge is 0.493 e. The van der Waals surface area contributed by atoms with Gasteiger partial charge in [0.15, 0.2) is 11.5 Å². The standard InChI is InChI=1S/C24H25NO5S/c1-17-8-12-21(13-9-17)31(26,27)25-20-7-5-6-18(14-20)10-11-19-15-22(28-2)24(30-4)23(16-19)29-3/h5-16,25H,1-4H3/b11-10-. The maximum absolute atomic E-state index is 12.6. The molecule has 0 radical (unpaired) electrons. The zero-order chi connectivity index (χ0) is 22.4. The molecule has 0 saturated heterocycles. The lowest BCUT2D eigenvalue weighted by atomic mass is 10.1. The molecule has 0 bridgehead atoms. The van der Waals surface area contributed by atoms with E-state index in [2.05, 4.69) is 4.72 Å². The summed E-state index contributed by atoms with van der Waals surface area (Å²) in [4.78, 5) is 0.219. The lowest BCUT2D eigenvalue weighted by Gasteiger charge is -2.13. The molecule has 3 rings (SSSR count). The number of anilines is 1. The summed E-state index contributed by atoms with van der Waals surface area (Å²) in [6.07, 6.45) is 3.77. The van der Waals surface area contributed by atoms with Crippen molar-refractivity contribution in [1.82, 2.24) is 0 Å². The van der Waals surface area contributed by atoms with Gasteiger partial charge < -0.3 is 14.2 Å². The fourth-order valence-electron chi connectivity index (χ4n) is 3.03. The molecule has 31 heavy (non-hydrogen) atoms. The number of hydrogen-bond acceptors (Lipinski definition) is 5. The summed E-state index contributed by atoms with van der Waals surface area (Å²) < 4.78 is 44.0. The van der Waals surface area contributed by atoms with Crippen LogP contribution in [0.5, 0.6) is 17.2 Å². The SMILES string of the molecule is COc1cc(/C=C\c2cccc(NS(=O)(=O)c3ccc(C)cc3)c2)cc(OC)c1OC. The summed E-state index contributed by atoms with van der Waals surface area (Å²) in [5, 5.41) is 0. The van der Waals surface area contributed by atoms with E-state index in [1.54, 1.807) is 63.8 Å². The zero-order valence-corrected chi connectivity index (χ0v) is 18.7. The van der Waals surface area contributed by atoms with Gasteiger partial charge in [-0.25, -0.2) is 8.42 Å². The monoisotopic (exact) mass is 439 g/mol. The second kappa shape index (κ2) is 9.57. The molecule has 0 aliphatic heterocycles. The van der Waals surface area contributed by atoms with Crippen molar-refractivity contribution in [1.29, 1.82) is 0 Å². The molecular weight excluding hydrogens is 414 g/mol. The Balaban J connectivity index is 1.84. The molecule has 162 valence electrons. The smallest absolute Gasteiger partial charge is 0.261 e. The minimum absolute atomic E-state index is 0.219. The molecule has 0 unspecified atom stereocenters. The highest BCUT2D eigenvalue weighted by atomic mass is 32.2. The van der Waals surface area contributed by atoms with Gasteiger partial charge in [-0.15, -0.1) is 0 Å². The van der Waals surface area contributed by atoms with E-state index in [1.807, 2.05) is 37.3 Å². The van der Waals surface area contributed by atoms with E-state index in [1.165, 1.54) is 0 Å². The van der Waals surface area contributed by atoms with Gasteiger partial charge in [0.25, 0.3) is 10.0 Å². The highest BCUT2D eigenvalue weighted by Crippen LogP contribution is 2.38. The Morgan fingerprint density at radius 2 is 1.39 bits per heavy atom. The molecule has 0 aliphatic carbocycles. The number of methoxy groups -OCH3 is 3. The maximum atomic E-state index is 12.6. The molecule has 7 heteroatoms. The van der Waals surface area contributed by atoms with Gasteiger partial charge >= 0.3 is 0 Å². The number of rotatable bonds is 8. The number of benzene rings is 3. The number of sulfonamides is 1. The van der Waals surface area contributed by atoms with Crippen LogP contribution in [0.3, 0.4) is 0 Å². The molecule has 0 atom stereocenters. The molecule has 0 aromatic heterocycles. The first-order valence-corrected chi connectivity index (χ1v) is 11.0.